The number of fused-ring (bicyclic) bond motifs is 2. The van der Waals surface area contributed by atoms with Crippen molar-refractivity contribution in [1.82, 2.24) is 25.0 Å². The van der Waals surface area contributed by atoms with Gasteiger partial charge in [0.15, 0.2) is 5.65 Å². The molecule has 0 fully saturated rings. The molecule has 152 valence electrons. The largest absolute Gasteiger partial charge is 0.350 e. The molecule has 1 N–H and O–H groups in total. The van der Waals surface area contributed by atoms with Gasteiger partial charge in [-0.2, -0.15) is 5.10 Å². The van der Waals surface area contributed by atoms with Crippen LogP contribution in [-0.2, 0) is 19.5 Å². The Morgan fingerprint density at radius 2 is 2.00 bits per heavy atom. The summed E-state index contributed by atoms with van der Waals surface area (Å²) in [6.07, 6.45) is 2.83. The summed E-state index contributed by atoms with van der Waals surface area (Å²) in [4.78, 5) is 20.0. The van der Waals surface area contributed by atoms with Crippen molar-refractivity contribution in [2.75, 3.05) is 13.1 Å². The Kier molecular flexibility index (Phi) is 5.13. The van der Waals surface area contributed by atoms with Crippen molar-refractivity contribution in [3.05, 3.63) is 58.9 Å². The normalized spacial score (nSPS) is 14.8. The first-order valence-corrected chi connectivity index (χ1v) is 10.3. The lowest BCUT2D eigenvalue weighted by molar-refractivity contribution is 0.0825. The molecular formula is C23H29N5O. The Labute approximate surface area is 171 Å². The highest BCUT2D eigenvalue weighted by Gasteiger charge is 2.30. The maximum Gasteiger partial charge on any atom is 0.253 e. The zero-order chi connectivity index (χ0) is 20.6. The van der Waals surface area contributed by atoms with E-state index in [9.17, 15) is 4.79 Å². The number of benzene rings is 1. The Hall–Kier alpha value is -2.73. The predicted octanol–water partition coefficient (Wildman–Crippen LogP) is 3.33. The van der Waals surface area contributed by atoms with Gasteiger partial charge in [0.05, 0.1) is 17.5 Å². The quantitative estimate of drug-likeness (QED) is 0.725. The highest BCUT2D eigenvalue weighted by molar-refractivity contribution is 5.98. The summed E-state index contributed by atoms with van der Waals surface area (Å²) in [5, 5.41) is 8.37. The second-order valence-electron chi connectivity index (χ2n) is 8.43. The molecule has 0 atom stereocenters. The molecule has 0 saturated carbocycles. The number of nitrogens with one attached hydrogen (secondary N) is 1. The number of aromatic nitrogens is 3. The van der Waals surface area contributed by atoms with Crippen LogP contribution in [-0.4, -0.2) is 44.2 Å². The minimum absolute atomic E-state index is 0.0772. The predicted molar refractivity (Wildman–Crippen MR) is 115 cm³/mol. The lowest BCUT2D eigenvalue weighted by atomic mass is 9.94. The SMILES string of the molecule is CCn1ncc2cc(C(=O)NCC(C)(C)N3CCc4ccccc4C3)c(C)nc21. The fraction of sp³-hybridized carbons (Fsp3) is 0.435. The number of hydrogen-bond donors (Lipinski definition) is 1. The first-order valence-electron chi connectivity index (χ1n) is 10.3. The van der Waals surface area contributed by atoms with Gasteiger partial charge in [-0.15, -0.1) is 0 Å². The highest BCUT2D eigenvalue weighted by Crippen LogP contribution is 2.25. The van der Waals surface area contributed by atoms with Crippen LogP contribution in [0.5, 0.6) is 0 Å². The summed E-state index contributed by atoms with van der Waals surface area (Å²) in [7, 11) is 0. The molecule has 6 heteroatoms. The Morgan fingerprint density at radius 1 is 1.24 bits per heavy atom. The highest BCUT2D eigenvalue weighted by atomic mass is 16.1. The summed E-state index contributed by atoms with van der Waals surface area (Å²) in [6.45, 7) is 11.6. The number of carbonyl (C=O) groups is 1. The van der Waals surface area contributed by atoms with E-state index < -0.39 is 0 Å². The van der Waals surface area contributed by atoms with Gasteiger partial charge in [0.2, 0.25) is 0 Å². The van der Waals surface area contributed by atoms with Crippen LogP contribution in [0.15, 0.2) is 36.5 Å². The topological polar surface area (TPSA) is 63.1 Å². The maximum absolute atomic E-state index is 12.9. The third-order valence-corrected chi connectivity index (χ3v) is 6.01. The molecule has 1 amide bonds. The number of amides is 1. The zero-order valence-electron chi connectivity index (χ0n) is 17.7. The van der Waals surface area contributed by atoms with E-state index in [1.54, 1.807) is 6.20 Å². The molecule has 3 heterocycles. The van der Waals surface area contributed by atoms with Gasteiger partial charge in [0, 0.05) is 37.1 Å². The van der Waals surface area contributed by atoms with Gasteiger partial charge in [-0.05, 0) is 51.3 Å². The summed E-state index contributed by atoms with van der Waals surface area (Å²) >= 11 is 0. The molecule has 29 heavy (non-hydrogen) atoms. The molecule has 0 saturated heterocycles. The van der Waals surface area contributed by atoms with Crippen LogP contribution in [0.3, 0.4) is 0 Å². The first-order chi connectivity index (χ1) is 13.9. The lowest BCUT2D eigenvalue weighted by Gasteiger charge is -2.41. The van der Waals surface area contributed by atoms with E-state index >= 15 is 0 Å². The van der Waals surface area contributed by atoms with Crippen LogP contribution in [0.2, 0.25) is 0 Å². The van der Waals surface area contributed by atoms with E-state index in [-0.39, 0.29) is 11.4 Å². The summed E-state index contributed by atoms with van der Waals surface area (Å²) in [6, 6.07) is 10.5. The molecule has 4 rings (SSSR count). The van der Waals surface area contributed by atoms with Gasteiger partial charge in [0.1, 0.15) is 0 Å². The molecule has 1 aliphatic heterocycles. The van der Waals surface area contributed by atoms with Crippen molar-refractivity contribution in [1.29, 1.82) is 0 Å². The number of pyridine rings is 1. The maximum atomic E-state index is 12.9. The Balaban J connectivity index is 1.46. The van der Waals surface area contributed by atoms with E-state index in [0.717, 1.165) is 42.8 Å². The van der Waals surface area contributed by atoms with Gasteiger partial charge < -0.3 is 5.32 Å². The van der Waals surface area contributed by atoms with Gasteiger partial charge in [-0.25, -0.2) is 9.67 Å². The second kappa shape index (κ2) is 7.59. The third kappa shape index (κ3) is 3.77. The summed E-state index contributed by atoms with van der Waals surface area (Å²) in [5.74, 6) is -0.0772. The van der Waals surface area contributed by atoms with Crippen molar-refractivity contribution in [3.63, 3.8) is 0 Å². The van der Waals surface area contributed by atoms with E-state index in [1.807, 2.05) is 24.6 Å². The number of aryl methyl sites for hydroxylation is 2. The molecule has 0 unspecified atom stereocenters. The number of hydrogen-bond acceptors (Lipinski definition) is 4. The molecule has 1 aliphatic rings. The monoisotopic (exact) mass is 391 g/mol. The lowest BCUT2D eigenvalue weighted by Crippen LogP contribution is -2.53. The molecule has 0 radical (unpaired) electrons. The minimum Gasteiger partial charge on any atom is -0.350 e. The van der Waals surface area contributed by atoms with Crippen LogP contribution in [0.4, 0.5) is 0 Å². The van der Waals surface area contributed by atoms with Crippen LogP contribution in [0, 0.1) is 6.92 Å². The first kappa shape index (κ1) is 19.6. The van der Waals surface area contributed by atoms with Crippen molar-refractivity contribution >= 4 is 16.9 Å². The number of rotatable bonds is 5. The number of nitrogens with zero attached hydrogens (tertiary/aromatic N) is 4. The number of carbonyl (C=O) groups excluding carboxylic acids is 1. The van der Waals surface area contributed by atoms with Gasteiger partial charge in [-0.1, -0.05) is 24.3 Å². The molecule has 0 aliphatic carbocycles. The Morgan fingerprint density at radius 3 is 2.76 bits per heavy atom. The average Bonchev–Trinajstić information content (AvgIpc) is 3.12. The van der Waals surface area contributed by atoms with Gasteiger partial charge in [0.25, 0.3) is 5.91 Å². The summed E-state index contributed by atoms with van der Waals surface area (Å²) < 4.78 is 1.85. The summed E-state index contributed by atoms with van der Waals surface area (Å²) in [5.41, 5.74) is 4.86. The average molecular weight is 392 g/mol. The van der Waals surface area contributed by atoms with E-state index in [0.29, 0.717) is 12.1 Å². The van der Waals surface area contributed by atoms with E-state index in [1.165, 1.54) is 11.1 Å². The van der Waals surface area contributed by atoms with E-state index in [2.05, 4.69) is 58.4 Å². The van der Waals surface area contributed by atoms with E-state index in [4.69, 9.17) is 0 Å². The van der Waals surface area contributed by atoms with Gasteiger partial charge in [-0.3, -0.25) is 9.69 Å². The van der Waals surface area contributed by atoms with Crippen LogP contribution >= 0.6 is 0 Å². The fourth-order valence-corrected chi connectivity index (χ4v) is 4.07. The van der Waals surface area contributed by atoms with Crippen molar-refractivity contribution in [2.45, 2.75) is 52.7 Å². The molecular weight excluding hydrogens is 362 g/mol. The second-order valence-corrected chi connectivity index (χ2v) is 8.43. The molecule has 2 aromatic heterocycles. The smallest absolute Gasteiger partial charge is 0.253 e. The zero-order valence-corrected chi connectivity index (χ0v) is 17.7. The van der Waals surface area contributed by atoms with Gasteiger partial charge >= 0.3 is 0 Å². The molecule has 1 aromatic carbocycles. The minimum atomic E-state index is -0.137. The molecule has 0 spiro atoms. The molecule has 0 bridgehead atoms. The molecule has 6 nitrogen and oxygen atoms in total. The van der Waals surface area contributed by atoms with Crippen LogP contribution < -0.4 is 5.32 Å². The fourth-order valence-electron chi connectivity index (χ4n) is 4.07. The standard InChI is InChI=1S/C23H29N5O/c1-5-28-21-19(13-25-28)12-20(16(2)26-21)22(29)24-15-23(3,4)27-11-10-17-8-6-7-9-18(17)14-27/h6-9,12-13H,5,10-11,14-15H2,1-4H3,(H,24,29). The van der Waals surface area contributed by atoms with Crippen molar-refractivity contribution < 1.29 is 4.79 Å². The van der Waals surface area contributed by atoms with Crippen molar-refractivity contribution in [2.24, 2.45) is 0 Å². The third-order valence-electron chi connectivity index (χ3n) is 6.01. The van der Waals surface area contributed by atoms with Crippen LogP contribution in [0.1, 0.15) is 48.0 Å². The van der Waals surface area contributed by atoms with Crippen molar-refractivity contribution in [3.8, 4) is 0 Å². The Bertz CT molecular complexity index is 1050. The van der Waals surface area contributed by atoms with Crippen LogP contribution in [0.25, 0.3) is 11.0 Å². The molecule has 3 aromatic rings.